The first-order chi connectivity index (χ1) is 8.50. The van der Waals surface area contributed by atoms with Gasteiger partial charge in [-0.05, 0) is 36.4 Å². The van der Waals surface area contributed by atoms with Crippen LogP contribution in [-0.4, -0.2) is 23.5 Å². The molecule has 98 valence electrons. The molecule has 0 fully saturated rings. The van der Waals surface area contributed by atoms with Gasteiger partial charge < -0.3 is 10.4 Å². The van der Waals surface area contributed by atoms with Crippen LogP contribution in [0.15, 0.2) is 17.5 Å². The van der Waals surface area contributed by atoms with Crippen molar-refractivity contribution in [2.24, 2.45) is 5.92 Å². The Bertz CT molecular complexity index is 451. The summed E-state index contributed by atoms with van der Waals surface area (Å²) >= 11 is 1.58. The molecule has 0 saturated heterocycles. The monoisotopic (exact) mass is 267 g/mol. The molecule has 1 atom stereocenters. The fraction of sp³-hybridized carbons (Fsp3) is 0.385. The van der Waals surface area contributed by atoms with Crippen LogP contribution in [0.1, 0.15) is 23.8 Å². The molecular formula is C13H17NO3S. The fourth-order valence-electron chi connectivity index (χ4n) is 1.30. The van der Waals surface area contributed by atoms with Crippen LogP contribution in [-0.2, 0) is 9.59 Å². The number of rotatable bonds is 6. The minimum absolute atomic E-state index is 0.194. The number of thiophene rings is 1. The van der Waals surface area contributed by atoms with Crippen LogP contribution in [0, 0.1) is 12.8 Å². The average molecular weight is 267 g/mol. The van der Waals surface area contributed by atoms with E-state index < -0.39 is 11.9 Å². The van der Waals surface area contributed by atoms with Crippen LogP contribution in [0.2, 0.25) is 0 Å². The number of carboxylic acid groups (broad SMARTS) is 1. The highest BCUT2D eigenvalue weighted by atomic mass is 32.1. The highest BCUT2D eigenvalue weighted by molar-refractivity contribution is 7.11. The molecule has 0 aliphatic heterocycles. The van der Waals surface area contributed by atoms with Gasteiger partial charge in [0.05, 0.1) is 5.92 Å². The maximum Gasteiger partial charge on any atom is 0.306 e. The van der Waals surface area contributed by atoms with Gasteiger partial charge >= 0.3 is 5.97 Å². The molecule has 0 saturated carbocycles. The molecule has 0 aromatic carbocycles. The number of aryl methyl sites for hydroxylation is 1. The summed E-state index contributed by atoms with van der Waals surface area (Å²) in [5, 5.41) is 13.3. The fourth-order valence-corrected chi connectivity index (χ4v) is 2.12. The lowest BCUT2D eigenvalue weighted by molar-refractivity contribution is -0.141. The van der Waals surface area contributed by atoms with E-state index >= 15 is 0 Å². The number of carboxylic acids is 1. The number of hydrogen-bond acceptors (Lipinski definition) is 3. The molecule has 2 N–H and O–H groups in total. The predicted octanol–water partition coefficient (Wildman–Crippen LogP) is 2.30. The van der Waals surface area contributed by atoms with Crippen LogP contribution in [0.4, 0.5) is 0 Å². The molecule has 1 aromatic rings. The lowest BCUT2D eigenvalue weighted by Gasteiger charge is -2.05. The average Bonchev–Trinajstić information content (AvgIpc) is 2.72. The lowest BCUT2D eigenvalue weighted by Crippen LogP contribution is -2.25. The number of aliphatic carboxylic acids is 1. The molecule has 0 bridgehead atoms. The Morgan fingerprint density at radius 2 is 2.28 bits per heavy atom. The third-order valence-corrected chi connectivity index (χ3v) is 3.57. The van der Waals surface area contributed by atoms with Gasteiger partial charge in [-0.1, -0.05) is 6.92 Å². The molecule has 0 spiro atoms. The molecule has 18 heavy (non-hydrogen) atoms. The van der Waals surface area contributed by atoms with E-state index in [2.05, 4.69) is 5.32 Å². The Morgan fingerprint density at radius 1 is 1.56 bits per heavy atom. The summed E-state index contributed by atoms with van der Waals surface area (Å²) in [6.45, 7) is 3.99. The minimum Gasteiger partial charge on any atom is -0.481 e. The number of nitrogens with one attached hydrogen (secondary N) is 1. The molecule has 4 nitrogen and oxygen atoms in total. The molecule has 5 heteroatoms. The zero-order valence-corrected chi connectivity index (χ0v) is 11.3. The maximum atomic E-state index is 11.5. The summed E-state index contributed by atoms with van der Waals surface area (Å²) < 4.78 is 0. The van der Waals surface area contributed by atoms with Gasteiger partial charge in [-0.2, -0.15) is 0 Å². The van der Waals surface area contributed by atoms with Gasteiger partial charge in [-0.3, -0.25) is 9.59 Å². The third-order valence-electron chi connectivity index (χ3n) is 2.59. The van der Waals surface area contributed by atoms with Crippen LogP contribution in [0.25, 0.3) is 6.08 Å². The van der Waals surface area contributed by atoms with Gasteiger partial charge in [0.15, 0.2) is 0 Å². The molecule has 1 heterocycles. The lowest BCUT2D eigenvalue weighted by atomic mass is 10.1. The van der Waals surface area contributed by atoms with Crippen molar-refractivity contribution in [1.82, 2.24) is 5.32 Å². The number of carbonyl (C=O) groups is 2. The van der Waals surface area contributed by atoms with Gasteiger partial charge in [0.2, 0.25) is 5.91 Å². The quantitative estimate of drug-likeness (QED) is 0.777. The molecule has 1 unspecified atom stereocenters. The van der Waals surface area contributed by atoms with E-state index in [-0.39, 0.29) is 5.91 Å². The van der Waals surface area contributed by atoms with Gasteiger partial charge in [-0.15, -0.1) is 11.3 Å². The second-order valence-corrected chi connectivity index (χ2v) is 5.07. The van der Waals surface area contributed by atoms with E-state index in [4.69, 9.17) is 5.11 Å². The predicted molar refractivity (Wildman–Crippen MR) is 72.5 cm³/mol. The van der Waals surface area contributed by atoms with Crippen molar-refractivity contribution in [3.05, 3.63) is 28.0 Å². The van der Waals surface area contributed by atoms with Crippen molar-refractivity contribution in [3.8, 4) is 0 Å². The Morgan fingerprint density at radius 3 is 2.83 bits per heavy atom. The molecule has 0 radical (unpaired) electrons. The highest BCUT2D eigenvalue weighted by Crippen LogP contribution is 2.16. The number of hydrogen-bond donors (Lipinski definition) is 2. The van der Waals surface area contributed by atoms with Crippen molar-refractivity contribution in [1.29, 1.82) is 0 Å². The largest absolute Gasteiger partial charge is 0.481 e. The first-order valence-corrected chi connectivity index (χ1v) is 6.61. The van der Waals surface area contributed by atoms with Crippen molar-refractivity contribution >= 4 is 29.3 Å². The molecule has 1 aromatic heterocycles. The molecular weight excluding hydrogens is 250 g/mol. The van der Waals surface area contributed by atoms with Gasteiger partial charge in [0.25, 0.3) is 0 Å². The van der Waals surface area contributed by atoms with Crippen molar-refractivity contribution in [2.45, 2.75) is 20.3 Å². The zero-order valence-electron chi connectivity index (χ0n) is 10.5. The van der Waals surface area contributed by atoms with Crippen LogP contribution >= 0.6 is 11.3 Å². The van der Waals surface area contributed by atoms with E-state index in [1.54, 1.807) is 24.3 Å². The second kappa shape index (κ2) is 6.96. The standard InChI is InChI=1S/C13H17NO3S/c1-9-6-8-18-11(9)3-4-12(15)14-7-5-10(2)13(16)17/h3-4,6,8,10H,5,7H2,1-2H3,(H,14,15)(H,16,17)/b4-3+. The van der Waals surface area contributed by atoms with Gasteiger partial charge in [-0.25, -0.2) is 0 Å². The highest BCUT2D eigenvalue weighted by Gasteiger charge is 2.10. The first kappa shape index (κ1) is 14.4. The SMILES string of the molecule is Cc1ccsc1/C=C/C(=O)NCCC(C)C(=O)O. The Labute approximate surface area is 110 Å². The van der Waals surface area contributed by atoms with Crippen LogP contribution in [0.5, 0.6) is 0 Å². The first-order valence-electron chi connectivity index (χ1n) is 5.73. The summed E-state index contributed by atoms with van der Waals surface area (Å²) in [5.74, 6) is -1.47. The molecule has 0 aliphatic carbocycles. The molecule has 1 amide bonds. The number of carbonyl (C=O) groups excluding carboxylic acids is 1. The molecule has 0 aliphatic rings. The Balaban J connectivity index is 2.32. The Kier molecular flexibility index (Phi) is 5.58. The van der Waals surface area contributed by atoms with E-state index in [1.165, 1.54) is 6.08 Å². The normalized spacial score (nSPS) is 12.6. The number of amides is 1. The topological polar surface area (TPSA) is 66.4 Å². The molecule has 1 rings (SSSR count). The second-order valence-electron chi connectivity index (χ2n) is 4.12. The summed E-state index contributed by atoms with van der Waals surface area (Å²) in [7, 11) is 0. The Hall–Kier alpha value is -1.62. The summed E-state index contributed by atoms with van der Waals surface area (Å²) in [6.07, 6.45) is 3.69. The van der Waals surface area contributed by atoms with Crippen molar-refractivity contribution in [2.75, 3.05) is 6.54 Å². The maximum absolute atomic E-state index is 11.5. The smallest absolute Gasteiger partial charge is 0.306 e. The third kappa shape index (κ3) is 4.71. The van der Waals surface area contributed by atoms with Crippen molar-refractivity contribution < 1.29 is 14.7 Å². The van der Waals surface area contributed by atoms with E-state index in [9.17, 15) is 9.59 Å². The summed E-state index contributed by atoms with van der Waals surface area (Å²) in [5.41, 5.74) is 1.14. The van der Waals surface area contributed by atoms with Gasteiger partial charge in [0.1, 0.15) is 0 Å². The minimum atomic E-state index is -0.839. The van der Waals surface area contributed by atoms with Crippen LogP contribution in [0.3, 0.4) is 0 Å². The summed E-state index contributed by atoms with van der Waals surface area (Å²) in [4.78, 5) is 23.1. The van der Waals surface area contributed by atoms with Gasteiger partial charge in [0, 0.05) is 17.5 Å². The van der Waals surface area contributed by atoms with E-state index in [0.29, 0.717) is 13.0 Å². The van der Waals surface area contributed by atoms with Crippen molar-refractivity contribution in [3.63, 3.8) is 0 Å². The van der Waals surface area contributed by atoms with E-state index in [0.717, 1.165) is 10.4 Å². The van der Waals surface area contributed by atoms with E-state index in [1.807, 2.05) is 18.4 Å². The zero-order chi connectivity index (χ0) is 13.5. The van der Waals surface area contributed by atoms with Crippen LogP contribution < -0.4 is 5.32 Å². The summed E-state index contributed by atoms with van der Waals surface area (Å²) in [6, 6.07) is 2.00.